The number of ether oxygens (including phenoxy) is 1. The average Bonchev–Trinajstić information content (AvgIpc) is 2.82. The van der Waals surface area contributed by atoms with E-state index in [4.69, 9.17) is 4.74 Å². The van der Waals surface area contributed by atoms with Gasteiger partial charge in [-0.05, 0) is 49.4 Å². The highest BCUT2D eigenvalue weighted by atomic mass is 16.5. The highest BCUT2D eigenvalue weighted by molar-refractivity contribution is 5.90. The number of nitrogens with zero attached hydrogens (tertiary/aromatic N) is 3. The third-order valence-electron chi connectivity index (χ3n) is 4.82. The molecule has 8 nitrogen and oxygen atoms in total. The summed E-state index contributed by atoms with van der Waals surface area (Å²) in [6, 6.07) is 19.5. The number of aromatic nitrogens is 3. The summed E-state index contributed by atoms with van der Waals surface area (Å²) in [6.45, 7) is 2.90. The van der Waals surface area contributed by atoms with Gasteiger partial charge >= 0.3 is 6.03 Å². The van der Waals surface area contributed by atoms with Gasteiger partial charge in [0, 0.05) is 17.3 Å². The summed E-state index contributed by atoms with van der Waals surface area (Å²) >= 11 is 0. The first-order valence-electron chi connectivity index (χ1n) is 10.3. The van der Waals surface area contributed by atoms with Crippen molar-refractivity contribution in [3.05, 3.63) is 94.7 Å². The molecule has 2 heterocycles. The quantitative estimate of drug-likeness (QED) is 0.468. The van der Waals surface area contributed by atoms with E-state index in [0.717, 1.165) is 11.4 Å². The third-order valence-corrected chi connectivity index (χ3v) is 4.82. The maximum Gasteiger partial charge on any atom is 0.319 e. The molecule has 0 aliphatic heterocycles. The molecule has 2 aromatic heterocycles. The van der Waals surface area contributed by atoms with E-state index in [2.05, 4.69) is 20.7 Å². The summed E-state index contributed by atoms with van der Waals surface area (Å²) in [5.74, 6) is 0.740. The molecule has 0 atom stereocenters. The van der Waals surface area contributed by atoms with Gasteiger partial charge in [0.1, 0.15) is 5.75 Å². The Morgan fingerprint density at radius 3 is 2.47 bits per heavy atom. The second kappa shape index (κ2) is 9.74. The van der Waals surface area contributed by atoms with E-state index in [0.29, 0.717) is 28.8 Å². The second-order valence-corrected chi connectivity index (χ2v) is 7.04. The van der Waals surface area contributed by atoms with Crippen LogP contribution in [0.2, 0.25) is 0 Å². The monoisotopic (exact) mass is 429 g/mol. The van der Waals surface area contributed by atoms with Crippen molar-refractivity contribution in [1.82, 2.24) is 20.1 Å². The summed E-state index contributed by atoms with van der Waals surface area (Å²) in [4.78, 5) is 29.6. The first-order chi connectivity index (χ1) is 15.6. The molecule has 0 spiro atoms. The van der Waals surface area contributed by atoms with Crippen LogP contribution in [0.15, 0.2) is 77.7 Å². The van der Waals surface area contributed by atoms with E-state index in [-0.39, 0.29) is 24.7 Å². The van der Waals surface area contributed by atoms with Gasteiger partial charge in [-0.1, -0.05) is 24.3 Å². The van der Waals surface area contributed by atoms with Crippen molar-refractivity contribution in [2.45, 2.75) is 20.0 Å². The van der Waals surface area contributed by atoms with Crippen molar-refractivity contribution in [1.29, 1.82) is 0 Å². The van der Waals surface area contributed by atoms with Crippen molar-refractivity contribution in [2.75, 3.05) is 11.9 Å². The summed E-state index contributed by atoms with van der Waals surface area (Å²) in [5.41, 5.74) is 1.76. The fourth-order valence-electron chi connectivity index (χ4n) is 3.33. The summed E-state index contributed by atoms with van der Waals surface area (Å²) in [5, 5.41) is 11.4. The van der Waals surface area contributed by atoms with Gasteiger partial charge in [0.25, 0.3) is 5.56 Å². The van der Waals surface area contributed by atoms with E-state index in [9.17, 15) is 9.59 Å². The minimum atomic E-state index is -0.373. The topological polar surface area (TPSA) is 98.1 Å². The van der Waals surface area contributed by atoms with Crippen LogP contribution in [0.25, 0.3) is 10.8 Å². The molecule has 0 aliphatic carbocycles. The van der Waals surface area contributed by atoms with Gasteiger partial charge in [0.05, 0.1) is 36.5 Å². The van der Waals surface area contributed by atoms with Gasteiger partial charge < -0.3 is 15.4 Å². The van der Waals surface area contributed by atoms with Crippen LogP contribution in [-0.4, -0.2) is 27.4 Å². The molecule has 32 heavy (non-hydrogen) atoms. The second-order valence-electron chi connectivity index (χ2n) is 7.04. The zero-order valence-corrected chi connectivity index (χ0v) is 17.6. The van der Waals surface area contributed by atoms with Crippen LogP contribution in [0.1, 0.15) is 18.3 Å². The van der Waals surface area contributed by atoms with Gasteiger partial charge in [-0.15, -0.1) is 0 Å². The molecule has 2 amide bonds. The molecule has 8 heteroatoms. The molecular weight excluding hydrogens is 406 g/mol. The Hall–Kier alpha value is -4.20. The van der Waals surface area contributed by atoms with Crippen molar-refractivity contribution in [3.8, 4) is 5.75 Å². The molecule has 0 aliphatic rings. The molecule has 0 radical (unpaired) electrons. The van der Waals surface area contributed by atoms with Crippen molar-refractivity contribution in [2.24, 2.45) is 0 Å². The number of anilines is 1. The SMILES string of the molecule is CCOc1ccc(NC(=O)NCc2nn(Cc3ccccn3)c(=O)c3ccccc23)cc1. The molecule has 0 bridgehead atoms. The molecule has 0 saturated carbocycles. The van der Waals surface area contributed by atoms with Crippen molar-refractivity contribution >= 4 is 22.5 Å². The van der Waals surface area contributed by atoms with Crippen LogP contribution in [-0.2, 0) is 13.1 Å². The number of hydrogen-bond donors (Lipinski definition) is 2. The number of fused-ring (bicyclic) bond motifs is 1. The van der Waals surface area contributed by atoms with Crippen LogP contribution in [0.5, 0.6) is 5.75 Å². The molecule has 0 unspecified atom stereocenters. The lowest BCUT2D eigenvalue weighted by Crippen LogP contribution is -2.31. The lowest BCUT2D eigenvalue weighted by atomic mass is 10.1. The molecular formula is C24H23N5O3. The molecule has 162 valence electrons. The summed E-state index contributed by atoms with van der Waals surface area (Å²) < 4.78 is 6.79. The Bertz CT molecular complexity index is 1270. The first kappa shape index (κ1) is 21.0. The Morgan fingerprint density at radius 2 is 1.75 bits per heavy atom. The standard InChI is InChI=1S/C24H23N5O3/c1-2-32-19-12-10-17(11-13-19)27-24(31)26-15-22-20-8-3-4-9-21(20)23(30)29(28-22)16-18-7-5-6-14-25-18/h3-14H,2,15-16H2,1H3,(H2,26,27,31). The van der Waals surface area contributed by atoms with Gasteiger partial charge in [0.15, 0.2) is 0 Å². The van der Waals surface area contributed by atoms with Crippen molar-refractivity contribution in [3.63, 3.8) is 0 Å². The first-order valence-corrected chi connectivity index (χ1v) is 10.3. The van der Waals surface area contributed by atoms with E-state index < -0.39 is 0 Å². The van der Waals surface area contributed by atoms with E-state index in [1.54, 1.807) is 36.5 Å². The number of hydrogen-bond acceptors (Lipinski definition) is 5. The van der Waals surface area contributed by atoms with Crippen LogP contribution in [0, 0.1) is 0 Å². The largest absolute Gasteiger partial charge is 0.494 e. The minimum Gasteiger partial charge on any atom is -0.494 e. The number of rotatable bonds is 7. The highest BCUT2D eigenvalue weighted by Gasteiger charge is 2.12. The highest BCUT2D eigenvalue weighted by Crippen LogP contribution is 2.16. The molecule has 2 N–H and O–H groups in total. The molecule has 0 fully saturated rings. The Morgan fingerprint density at radius 1 is 1.00 bits per heavy atom. The smallest absolute Gasteiger partial charge is 0.319 e. The van der Waals surface area contributed by atoms with E-state index >= 15 is 0 Å². The molecule has 0 saturated heterocycles. The number of carbonyl (C=O) groups is 1. The maximum absolute atomic E-state index is 12.9. The van der Waals surface area contributed by atoms with Crippen LogP contribution in [0.4, 0.5) is 10.5 Å². The lowest BCUT2D eigenvalue weighted by Gasteiger charge is -2.12. The number of carbonyl (C=O) groups excluding carboxylic acids is 1. The van der Waals surface area contributed by atoms with Crippen LogP contribution < -0.4 is 20.9 Å². The number of pyridine rings is 1. The fraction of sp³-hybridized carbons (Fsp3) is 0.167. The summed E-state index contributed by atoms with van der Waals surface area (Å²) in [7, 11) is 0. The number of urea groups is 1. The predicted molar refractivity (Wildman–Crippen MR) is 123 cm³/mol. The fourth-order valence-corrected chi connectivity index (χ4v) is 3.33. The molecule has 4 aromatic rings. The third kappa shape index (κ3) is 4.92. The Balaban J connectivity index is 1.52. The lowest BCUT2D eigenvalue weighted by molar-refractivity contribution is 0.251. The Kier molecular flexibility index (Phi) is 6.41. The zero-order valence-electron chi connectivity index (χ0n) is 17.6. The number of nitrogens with one attached hydrogen (secondary N) is 2. The molecule has 4 rings (SSSR count). The normalized spacial score (nSPS) is 10.7. The van der Waals surface area contributed by atoms with Crippen LogP contribution >= 0.6 is 0 Å². The van der Waals surface area contributed by atoms with Gasteiger partial charge in [-0.3, -0.25) is 9.78 Å². The van der Waals surface area contributed by atoms with Crippen molar-refractivity contribution < 1.29 is 9.53 Å². The molecule has 2 aromatic carbocycles. The van der Waals surface area contributed by atoms with Gasteiger partial charge in [-0.2, -0.15) is 5.10 Å². The maximum atomic E-state index is 12.9. The predicted octanol–water partition coefficient (Wildman–Crippen LogP) is 3.56. The van der Waals surface area contributed by atoms with Crippen LogP contribution in [0.3, 0.4) is 0 Å². The summed E-state index contributed by atoms with van der Waals surface area (Å²) in [6.07, 6.45) is 1.68. The van der Waals surface area contributed by atoms with E-state index in [1.165, 1.54) is 4.68 Å². The zero-order chi connectivity index (χ0) is 22.3. The van der Waals surface area contributed by atoms with Gasteiger partial charge in [-0.25, -0.2) is 9.48 Å². The van der Waals surface area contributed by atoms with Gasteiger partial charge in [0.2, 0.25) is 0 Å². The number of amides is 2. The Labute approximate surface area is 184 Å². The number of benzene rings is 2. The van der Waals surface area contributed by atoms with E-state index in [1.807, 2.05) is 43.3 Å². The average molecular weight is 429 g/mol. The minimum absolute atomic E-state index is 0.159.